The fourth-order valence-corrected chi connectivity index (χ4v) is 4.95. The highest BCUT2D eigenvalue weighted by atomic mass is 16.3. The minimum Gasteiger partial charge on any atom is -0.392 e. The molecule has 2 N–H and O–H groups in total. The molecule has 28 heavy (non-hydrogen) atoms. The molecule has 0 amide bonds. The predicted octanol–water partition coefficient (Wildman–Crippen LogP) is 5.11. The van der Waals surface area contributed by atoms with Crippen molar-refractivity contribution < 1.29 is 10.2 Å². The molecule has 1 fully saturated rings. The SMILES string of the molecule is C=C[C@@](O)(CC=C[C@@H]1[C@H]2CC(CCCCCN(C)C)=C[C@H]2C[C@H]1O)CCCC. The molecule has 1 saturated carbocycles. The van der Waals surface area contributed by atoms with Gasteiger partial charge in [-0.05, 0) is 77.4 Å². The lowest BCUT2D eigenvalue weighted by Crippen LogP contribution is -2.24. The van der Waals surface area contributed by atoms with Crippen molar-refractivity contribution >= 4 is 0 Å². The van der Waals surface area contributed by atoms with Gasteiger partial charge in [0.1, 0.15) is 0 Å². The molecule has 0 radical (unpaired) electrons. The van der Waals surface area contributed by atoms with Gasteiger partial charge in [-0.1, -0.05) is 56.1 Å². The Kier molecular flexibility index (Phi) is 9.46. The van der Waals surface area contributed by atoms with E-state index in [9.17, 15) is 10.2 Å². The lowest BCUT2D eigenvalue weighted by Gasteiger charge is -2.23. The van der Waals surface area contributed by atoms with Crippen molar-refractivity contribution in [2.75, 3.05) is 20.6 Å². The molecular formula is C25H43NO2. The number of allylic oxidation sites excluding steroid dienone is 2. The number of hydrogen-bond donors (Lipinski definition) is 2. The summed E-state index contributed by atoms with van der Waals surface area (Å²) in [7, 11) is 4.28. The van der Waals surface area contributed by atoms with Crippen LogP contribution in [0.5, 0.6) is 0 Å². The van der Waals surface area contributed by atoms with E-state index in [1.54, 1.807) is 11.6 Å². The van der Waals surface area contributed by atoms with E-state index < -0.39 is 5.60 Å². The van der Waals surface area contributed by atoms with Crippen LogP contribution in [0.3, 0.4) is 0 Å². The van der Waals surface area contributed by atoms with Crippen molar-refractivity contribution in [3.8, 4) is 0 Å². The van der Waals surface area contributed by atoms with Gasteiger partial charge in [-0.25, -0.2) is 0 Å². The quantitative estimate of drug-likeness (QED) is 0.340. The summed E-state index contributed by atoms with van der Waals surface area (Å²) in [5, 5.41) is 21.2. The first kappa shape index (κ1) is 23.4. The fraction of sp³-hybridized carbons (Fsp3) is 0.760. The smallest absolute Gasteiger partial charge is 0.0859 e. The average molecular weight is 390 g/mol. The molecule has 0 bridgehead atoms. The van der Waals surface area contributed by atoms with E-state index in [0.717, 1.165) is 32.1 Å². The second-order valence-electron chi connectivity index (χ2n) is 9.39. The molecule has 160 valence electrons. The number of fused-ring (bicyclic) bond motifs is 1. The van der Waals surface area contributed by atoms with Gasteiger partial charge in [0.2, 0.25) is 0 Å². The van der Waals surface area contributed by atoms with Gasteiger partial charge in [-0.2, -0.15) is 0 Å². The van der Waals surface area contributed by atoms with Gasteiger partial charge in [0.15, 0.2) is 0 Å². The Labute approximate surface area is 173 Å². The highest BCUT2D eigenvalue weighted by molar-refractivity contribution is 5.21. The van der Waals surface area contributed by atoms with Gasteiger partial charge in [0.05, 0.1) is 11.7 Å². The van der Waals surface area contributed by atoms with Gasteiger partial charge < -0.3 is 15.1 Å². The molecule has 5 atom stereocenters. The molecule has 0 aliphatic heterocycles. The molecule has 2 rings (SSSR count). The second-order valence-corrected chi connectivity index (χ2v) is 9.39. The minimum atomic E-state index is -0.804. The van der Waals surface area contributed by atoms with Crippen LogP contribution >= 0.6 is 0 Å². The Morgan fingerprint density at radius 1 is 1.25 bits per heavy atom. The Bertz CT molecular complexity index is 539. The van der Waals surface area contributed by atoms with Crippen molar-refractivity contribution in [1.29, 1.82) is 0 Å². The molecule has 0 saturated heterocycles. The van der Waals surface area contributed by atoms with E-state index in [2.05, 4.69) is 50.7 Å². The standard InChI is InChI=1S/C25H43NO2/c1-5-7-14-25(28,6-2)15-11-13-22-23-18-20(17-21(23)19-24(22)27)12-9-8-10-16-26(3)4/h6,11,13,17,21-24,27-28H,2,5,7-10,12,14-16,18-19H2,1,3-4H3/t21-,22+,23-,24+,25-/m0/s1. The third kappa shape index (κ3) is 6.86. The van der Waals surface area contributed by atoms with Gasteiger partial charge in [-0.3, -0.25) is 0 Å². The fourth-order valence-electron chi connectivity index (χ4n) is 4.95. The van der Waals surface area contributed by atoms with Crippen LogP contribution in [0.1, 0.15) is 71.1 Å². The third-order valence-corrected chi connectivity index (χ3v) is 6.73. The highest BCUT2D eigenvalue weighted by Gasteiger charge is 2.43. The summed E-state index contributed by atoms with van der Waals surface area (Å²) in [5.74, 6) is 1.32. The van der Waals surface area contributed by atoms with Crippen LogP contribution in [-0.2, 0) is 0 Å². The summed E-state index contributed by atoms with van der Waals surface area (Å²) in [6.45, 7) is 7.14. The van der Waals surface area contributed by atoms with Gasteiger partial charge >= 0.3 is 0 Å². The van der Waals surface area contributed by atoms with E-state index in [0.29, 0.717) is 18.3 Å². The van der Waals surface area contributed by atoms with Crippen LogP contribution in [-0.4, -0.2) is 47.5 Å². The topological polar surface area (TPSA) is 43.7 Å². The van der Waals surface area contributed by atoms with Crippen molar-refractivity contribution in [3.63, 3.8) is 0 Å². The Balaban J connectivity index is 1.80. The van der Waals surface area contributed by atoms with E-state index in [-0.39, 0.29) is 12.0 Å². The Hall–Kier alpha value is -0.900. The number of hydrogen-bond acceptors (Lipinski definition) is 3. The average Bonchev–Trinajstić information content (AvgIpc) is 3.17. The number of unbranched alkanes of at least 4 members (excludes halogenated alkanes) is 3. The van der Waals surface area contributed by atoms with Crippen molar-refractivity contribution in [3.05, 3.63) is 36.5 Å². The maximum absolute atomic E-state index is 10.7. The summed E-state index contributed by atoms with van der Waals surface area (Å²) in [6, 6.07) is 0. The van der Waals surface area contributed by atoms with Crippen LogP contribution in [0.2, 0.25) is 0 Å². The number of nitrogens with zero attached hydrogens (tertiary/aromatic N) is 1. The molecule has 0 heterocycles. The van der Waals surface area contributed by atoms with Crippen molar-refractivity contribution in [1.82, 2.24) is 4.90 Å². The lowest BCUT2D eigenvalue weighted by atomic mass is 9.87. The van der Waals surface area contributed by atoms with Crippen molar-refractivity contribution in [2.24, 2.45) is 17.8 Å². The van der Waals surface area contributed by atoms with E-state index >= 15 is 0 Å². The number of rotatable bonds is 13. The molecule has 3 nitrogen and oxygen atoms in total. The molecule has 0 spiro atoms. The monoisotopic (exact) mass is 389 g/mol. The molecule has 0 aromatic rings. The van der Waals surface area contributed by atoms with E-state index in [1.165, 1.54) is 32.2 Å². The predicted molar refractivity (Wildman–Crippen MR) is 119 cm³/mol. The van der Waals surface area contributed by atoms with Gasteiger partial charge in [-0.15, -0.1) is 6.58 Å². The zero-order valence-corrected chi connectivity index (χ0v) is 18.4. The molecule has 0 unspecified atom stereocenters. The van der Waals surface area contributed by atoms with Crippen molar-refractivity contribution in [2.45, 2.75) is 82.8 Å². The van der Waals surface area contributed by atoms with E-state index in [1.807, 2.05) is 0 Å². The molecule has 0 aromatic heterocycles. The normalized spacial score (nSPS) is 29.3. The third-order valence-electron chi connectivity index (χ3n) is 6.73. The zero-order valence-electron chi connectivity index (χ0n) is 18.4. The molecular weight excluding hydrogens is 346 g/mol. The molecule has 2 aliphatic rings. The first-order chi connectivity index (χ1) is 13.4. The highest BCUT2D eigenvalue weighted by Crippen LogP contribution is 2.48. The van der Waals surface area contributed by atoms with Crippen LogP contribution < -0.4 is 0 Å². The summed E-state index contributed by atoms with van der Waals surface area (Å²) < 4.78 is 0. The maximum Gasteiger partial charge on any atom is 0.0859 e. The molecule has 0 aromatic carbocycles. The van der Waals surface area contributed by atoms with E-state index in [4.69, 9.17) is 0 Å². The summed E-state index contributed by atoms with van der Waals surface area (Å²) in [4.78, 5) is 2.26. The maximum atomic E-state index is 10.7. The van der Waals surface area contributed by atoms with Gasteiger partial charge in [0, 0.05) is 5.92 Å². The molecule has 3 heteroatoms. The zero-order chi connectivity index (χ0) is 20.6. The van der Waals surface area contributed by atoms with Crippen LogP contribution in [0.15, 0.2) is 36.5 Å². The summed E-state index contributed by atoms with van der Waals surface area (Å²) in [5.41, 5.74) is 0.803. The Morgan fingerprint density at radius 3 is 2.71 bits per heavy atom. The van der Waals surface area contributed by atoms with Gasteiger partial charge in [0.25, 0.3) is 0 Å². The van der Waals surface area contributed by atoms with Crippen LogP contribution in [0.4, 0.5) is 0 Å². The summed E-state index contributed by atoms with van der Waals surface area (Å²) >= 11 is 0. The first-order valence-electron chi connectivity index (χ1n) is 11.4. The minimum absolute atomic E-state index is 0.229. The second kappa shape index (κ2) is 11.3. The summed E-state index contributed by atoms with van der Waals surface area (Å²) in [6.07, 6.45) is 18.8. The first-order valence-corrected chi connectivity index (χ1v) is 11.4. The number of aliphatic hydroxyl groups is 2. The molecule has 2 aliphatic carbocycles. The van der Waals surface area contributed by atoms with Crippen LogP contribution in [0, 0.1) is 17.8 Å². The van der Waals surface area contributed by atoms with Crippen LogP contribution in [0.25, 0.3) is 0 Å². The largest absolute Gasteiger partial charge is 0.392 e. The lowest BCUT2D eigenvalue weighted by molar-refractivity contribution is 0.0819. The Morgan fingerprint density at radius 2 is 2.04 bits per heavy atom. The number of aliphatic hydroxyl groups excluding tert-OH is 1.